The molecule has 0 fully saturated rings. The second-order valence-corrected chi connectivity index (χ2v) is 6.64. The molecule has 0 atom stereocenters. The number of carbonyl (C=O) groups excluding carboxylic acids is 2. The third-order valence-electron chi connectivity index (χ3n) is 4.09. The molecule has 0 saturated carbocycles. The van der Waals surface area contributed by atoms with E-state index in [0.717, 1.165) is 0 Å². The lowest BCUT2D eigenvalue weighted by Crippen LogP contribution is -2.37. The molecule has 1 heterocycles. The number of carbonyl (C=O) groups is 3. The van der Waals surface area contributed by atoms with E-state index in [1.54, 1.807) is 31.2 Å². The van der Waals surface area contributed by atoms with Gasteiger partial charge >= 0.3 is 5.97 Å². The molecule has 10 nitrogen and oxygen atoms in total. The number of nitrogens with one attached hydrogen (secondary N) is 2. The summed E-state index contributed by atoms with van der Waals surface area (Å²) in [6.07, 6.45) is 0.554. The van der Waals surface area contributed by atoms with Gasteiger partial charge in [-0.3, -0.25) is 23.7 Å². The Labute approximate surface area is 175 Å². The number of hydrogen-bond acceptors (Lipinski definition) is 6. The van der Waals surface area contributed by atoms with Gasteiger partial charge in [0.25, 0.3) is 17.4 Å². The van der Waals surface area contributed by atoms with E-state index in [2.05, 4.69) is 5.32 Å². The maximum Gasteiger partial charge on any atom is 0.322 e. The summed E-state index contributed by atoms with van der Waals surface area (Å²) in [5.74, 6) is -5.41. The number of benzene rings is 1. The minimum absolute atomic E-state index is 0.210. The highest BCUT2D eigenvalue weighted by Gasteiger charge is 2.30. The first-order chi connectivity index (χ1) is 14.2. The second-order valence-electron chi connectivity index (χ2n) is 6.24. The van der Waals surface area contributed by atoms with E-state index in [1.807, 2.05) is 5.32 Å². The van der Waals surface area contributed by atoms with E-state index in [-0.39, 0.29) is 18.1 Å². The number of nitrogens with zero attached hydrogens (tertiary/aromatic N) is 1. The zero-order chi connectivity index (χ0) is 22.4. The van der Waals surface area contributed by atoms with Crippen molar-refractivity contribution in [2.45, 2.75) is 19.9 Å². The number of rotatable bonds is 8. The van der Waals surface area contributed by atoms with Gasteiger partial charge in [0.15, 0.2) is 5.75 Å². The first-order valence-corrected chi connectivity index (χ1v) is 9.27. The average Bonchev–Trinajstić information content (AvgIpc) is 2.69. The van der Waals surface area contributed by atoms with E-state index in [1.165, 1.54) is 0 Å². The fourth-order valence-corrected chi connectivity index (χ4v) is 2.82. The third kappa shape index (κ3) is 4.90. The van der Waals surface area contributed by atoms with Crippen LogP contribution in [0.5, 0.6) is 11.6 Å². The monoisotopic (exact) mass is 437 g/mol. The lowest BCUT2D eigenvalue weighted by Gasteiger charge is -2.17. The molecule has 30 heavy (non-hydrogen) atoms. The number of hydrogen-bond donors (Lipinski definition) is 5. The summed E-state index contributed by atoms with van der Waals surface area (Å²) in [5.41, 5.74) is -2.28. The third-order valence-corrected chi connectivity index (χ3v) is 4.46. The number of aromatic nitrogens is 1. The van der Waals surface area contributed by atoms with E-state index >= 15 is 0 Å². The maximum atomic E-state index is 12.9. The summed E-state index contributed by atoms with van der Waals surface area (Å²) < 4.78 is 0.706. The van der Waals surface area contributed by atoms with E-state index in [9.17, 15) is 29.4 Å². The van der Waals surface area contributed by atoms with Crippen LogP contribution < -0.4 is 16.2 Å². The Hall–Kier alpha value is -3.53. The number of aromatic hydroxyl groups is 2. The van der Waals surface area contributed by atoms with Gasteiger partial charge in [0.1, 0.15) is 17.7 Å². The van der Waals surface area contributed by atoms with Crippen molar-refractivity contribution in [3.8, 4) is 11.6 Å². The van der Waals surface area contributed by atoms with Gasteiger partial charge in [0, 0.05) is 11.6 Å². The van der Waals surface area contributed by atoms with Crippen molar-refractivity contribution in [3.63, 3.8) is 0 Å². The van der Waals surface area contributed by atoms with Crippen molar-refractivity contribution < 1.29 is 29.7 Å². The van der Waals surface area contributed by atoms with Crippen molar-refractivity contribution in [1.29, 1.82) is 0 Å². The molecule has 2 amide bonds. The molecule has 11 heteroatoms. The van der Waals surface area contributed by atoms with Crippen molar-refractivity contribution in [1.82, 2.24) is 15.2 Å². The Bertz CT molecular complexity index is 1050. The average molecular weight is 438 g/mol. The highest BCUT2D eigenvalue weighted by molar-refractivity contribution is 6.31. The van der Waals surface area contributed by atoms with Crippen LogP contribution in [0.1, 0.15) is 39.6 Å². The normalized spacial score (nSPS) is 10.5. The molecule has 0 aliphatic rings. The van der Waals surface area contributed by atoms with Crippen LogP contribution in [0.2, 0.25) is 5.02 Å². The number of carboxylic acid groups (broad SMARTS) is 1. The molecule has 0 radical (unpaired) electrons. The van der Waals surface area contributed by atoms with E-state index < -0.39 is 52.6 Å². The Kier molecular flexibility index (Phi) is 7.43. The summed E-state index contributed by atoms with van der Waals surface area (Å²) in [4.78, 5) is 48.4. The minimum atomic E-state index is -1.38. The highest BCUT2D eigenvalue weighted by atomic mass is 35.5. The molecule has 160 valence electrons. The second kappa shape index (κ2) is 9.79. The summed E-state index contributed by atoms with van der Waals surface area (Å²) in [6, 6.07) is 6.41. The number of amides is 2. The van der Waals surface area contributed by atoms with Crippen LogP contribution in [0.4, 0.5) is 0 Å². The Morgan fingerprint density at radius 1 is 1.07 bits per heavy atom. The molecule has 0 spiro atoms. The zero-order valence-corrected chi connectivity index (χ0v) is 16.7. The lowest BCUT2D eigenvalue weighted by atomic mass is 10.1. The molecule has 0 aliphatic carbocycles. The van der Waals surface area contributed by atoms with Crippen LogP contribution in [0.25, 0.3) is 0 Å². The summed E-state index contributed by atoms with van der Waals surface area (Å²) in [5, 5.41) is 34.4. The predicted octanol–water partition coefficient (Wildman–Crippen LogP) is 0.915. The van der Waals surface area contributed by atoms with Gasteiger partial charge < -0.3 is 26.0 Å². The van der Waals surface area contributed by atoms with Gasteiger partial charge in [-0.1, -0.05) is 36.7 Å². The number of pyridine rings is 1. The highest BCUT2D eigenvalue weighted by Crippen LogP contribution is 2.29. The van der Waals surface area contributed by atoms with Gasteiger partial charge in [-0.25, -0.2) is 0 Å². The van der Waals surface area contributed by atoms with Crippen molar-refractivity contribution >= 4 is 29.4 Å². The molecule has 0 aliphatic heterocycles. The fraction of sp³-hybridized carbons (Fsp3) is 0.263. The van der Waals surface area contributed by atoms with Crippen molar-refractivity contribution in [2.24, 2.45) is 0 Å². The van der Waals surface area contributed by atoms with Crippen LogP contribution in [0.15, 0.2) is 29.1 Å². The molecule has 1 aromatic carbocycles. The smallest absolute Gasteiger partial charge is 0.322 e. The predicted molar refractivity (Wildman–Crippen MR) is 107 cm³/mol. The summed E-state index contributed by atoms with van der Waals surface area (Å²) in [6.45, 7) is 0.864. The molecular formula is C19H20ClN3O7. The van der Waals surface area contributed by atoms with E-state index in [0.29, 0.717) is 16.6 Å². The molecule has 1 aromatic heterocycles. The van der Waals surface area contributed by atoms with Gasteiger partial charge in [0.2, 0.25) is 5.88 Å². The SMILES string of the molecule is CCCNC(=O)c1c(O)c(C(=O)NCC(=O)O)c(=O)n(Cc2ccccc2Cl)c1O. The van der Waals surface area contributed by atoms with Crippen LogP contribution in [0, 0.1) is 0 Å². The Morgan fingerprint density at radius 3 is 2.30 bits per heavy atom. The first kappa shape index (κ1) is 22.8. The molecule has 0 unspecified atom stereocenters. The van der Waals surface area contributed by atoms with Gasteiger partial charge in [0.05, 0.1) is 6.54 Å². The van der Waals surface area contributed by atoms with Gasteiger partial charge in [-0.15, -0.1) is 0 Å². The molecule has 0 saturated heterocycles. The molecule has 5 N–H and O–H groups in total. The molecule has 0 bridgehead atoms. The van der Waals surface area contributed by atoms with Crippen LogP contribution in [0.3, 0.4) is 0 Å². The van der Waals surface area contributed by atoms with Gasteiger partial charge in [-0.05, 0) is 18.1 Å². The minimum Gasteiger partial charge on any atom is -0.506 e. The molecule has 2 rings (SSSR count). The first-order valence-electron chi connectivity index (χ1n) is 8.89. The maximum absolute atomic E-state index is 12.9. The topological polar surface area (TPSA) is 158 Å². The number of halogens is 1. The number of aliphatic carboxylic acids is 1. The Morgan fingerprint density at radius 2 is 1.70 bits per heavy atom. The van der Waals surface area contributed by atoms with Crippen LogP contribution in [-0.4, -0.2) is 50.8 Å². The number of carboxylic acids is 1. The fourth-order valence-electron chi connectivity index (χ4n) is 2.63. The standard InChI is InChI=1S/C19H20ClN3O7/c1-2-7-21-16(27)13-15(26)14(17(28)22-8-12(24)25)19(30)23(18(13)29)9-10-5-3-4-6-11(10)20/h3-6,26,29H,2,7-9H2,1H3,(H,21,27)(H,22,28)(H,24,25). The summed E-state index contributed by atoms with van der Waals surface area (Å²) >= 11 is 6.10. The molecule has 2 aromatic rings. The van der Waals surface area contributed by atoms with Crippen molar-refractivity contribution in [3.05, 3.63) is 56.3 Å². The Balaban J connectivity index is 2.67. The largest absolute Gasteiger partial charge is 0.506 e. The van der Waals surface area contributed by atoms with E-state index in [4.69, 9.17) is 16.7 Å². The van der Waals surface area contributed by atoms with Gasteiger partial charge in [-0.2, -0.15) is 0 Å². The zero-order valence-electron chi connectivity index (χ0n) is 15.9. The quantitative estimate of drug-likeness (QED) is 0.410. The lowest BCUT2D eigenvalue weighted by molar-refractivity contribution is -0.135. The van der Waals surface area contributed by atoms with Crippen LogP contribution in [-0.2, 0) is 11.3 Å². The van der Waals surface area contributed by atoms with Crippen LogP contribution >= 0.6 is 11.6 Å². The molecular weight excluding hydrogens is 418 g/mol. The summed E-state index contributed by atoms with van der Waals surface area (Å²) in [7, 11) is 0. The van der Waals surface area contributed by atoms with Crippen molar-refractivity contribution in [2.75, 3.05) is 13.1 Å².